The standard InChI is InChI=1S/C20H39N5O5S2/c1-4-12(2)16(22)19(28)23-13(8-10-32-3)17(26)25-15(11-31)18(27)24-14(20(29)30)7-5-6-9-21/h12-16,31H,4-11,21-22H2,1-3H3,(H,23,28)(H,24,27)(H,25,26)(H,29,30). The van der Waals surface area contributed by atoms with Gasteiger partial charge in [-0.2, -0.15) is 24.4 Å². The van der Waals surface area contributed by atoms with E-state index in [2.05, 4.69) is 28.6 Å². The van der Waals surface area contributed by atoms with E-state index in [9.17, 15) is 24.3 Å². The number of carboxylic acid groups (broad SMARTS) is 1. The van der Waals surface area contributed by atoms with Crippen molar-refractivity contribution in [1.82, 2.24) is 16.0 Å². The largest absolute Gasteiger partial charge is 0.480 e. The van der Waals surface area contributed by atoms with E-state index in [1.807, 2.05) is 20.1 Å². The van der Waals surface area contributed by atoms with Gasteiger partial charge in [0.25, 0.3) is 0 Å². The third-order valence-electron chi connectivity index (χ3n) is 5.18. The summed E-state index contributed by atoms with van der Waals surface area (Å²) in [4.78, 5) is 49.3. The lowest BCUT2D eigenvalue weighted by molar-refractivity contribution is -0.142. The average Bonchev–Trinajstić information content (AvgIpc) is 2.77. The number of nitrogens with two attached hydrogens (primary N) is 2. The number of carboxylic acids is 1. The Balaban J connectivity index is 5.17. The third kappa shape index (κ3) is 11.4. The van der Waals surface area contributed by atoms with Gasteiger partial charge in [0.2, 0.25) is 17.7 Å². The predicted octanol–water partition coefficient (Wildman–Crippen LogP) is -0.289. The molecule has 0 aliphatic heterocycles. The molecule has 10 nitrogen and oxygen atoms in total. The Morgan fingerprint density at radius 3 is 2.03 bits per heavy atom. The molecule has 0 aromatic rings. The van der Waals surface area contributed by atoms with Crippen LogP contribution in [0.3, 0.4) is 0 Å². The summed E-state index contributed by atoms with van der Waals surface area (Å²) in [6.45, 7) is 4.21. The Morgan fingerprint density at radius 2 is 1.53 bits per heavy atom. The average molecular weight is 494 g/mol. The van der Waals surface area contributed by atoms with Gasteiger partial charge in [-0.15, -0.1) is 0 Å². The van der Waals surface area contributed by atoms with Crippen LogP contribution in [0, 0.1) is 5.92 Å². The number of carbonyl (C=O) groups excluding carboxylic acids is 3. The van der Waals surface area contributed by atoms with Gasteiger partial charge < -0.3 is 32.5 Å². The SMILES string of the molecule is CCC(C)C(N)C(=O)NC(CCSC)C(=O)NC(CS)C(=O)NC(CCCCN)C(=O)O. The normalized spacial score (nSPS) is 15.7. The first kappa shape index (κ1) is 30.5. The molecule has 0 aliphatic rings. The fourth-order valence-electron chi connectivity index (χ4n) is 2.77. The van der Waals surface area contributed by atoms with Crippen molar-refractivity contribution in [3.63, 3.8) is 0 Å². The van der Waals surface area contributed by atoms with Crippen LogP contribution in [0.5, 0.6) is 0 Å². The van der Waals surface area contributed by atoms with E-state index in [4.69, 9.17) is 11.5 Å². The van der Waals surface area contributed by atoms with Crippen LogP contribution < -0.4 is 27.4 Å². The lowest BCUT2D eigenvalue weighted by Crippen LogP contribution is -2.58. The number of rotatable bonds is 17. The van der Waals surface area contributed by atoms with Crippen LogP contribution in [0.2, 0.25) is 0 Å². The Bertz CT molecular complexity index is 611. The molecule has 0 spiro atoms. The highest BCUT2D eigenvalue weighted by atomic mass is 32.2. The monoisotopic (exact) mass is 493 g/mol. The van der Waals surface area contributed by atoms with Crippen molar-refractivity contribution in [1.29, 1.82) is 0 Å². The van der Waals surface area contributed by atoms with E-state index >= 15 is 0 Å². The summed E-state index contributed by atoms with van der Waals surface area (Å²) in [6, 6.07) is -3.77. The molecular weight excluding hydrogens is 454 g/mol. The van der Waals surface area contributed by atoms with E-state index < -0.39 is 47.9 Å². The number of unbranched alkanes of at least 4 members (excludes halogenated alkanes) is 1. The number of hydrogen-bond acceptors (Lipinski definition) is 8. The topological polar surface area (TPSA) is 177 Å². The molecule has 0 fully saturated rings. The number of hydrogen-bond donors (Lipinski definition) is 7. The Hall–Kier alpha value is -1.50. The molecule has 186 valence electrons. The van der Waals surface area contributed by atoms with Crippen LogP contribution in [0.1, 0.15) is 46.0 Å². The molecule has 0 heterocycles. The van der Waals surface area contributed by atoms with Gasteiger partial charge in [0.05, 0.1) is 6.04 Å². The van der Waals surface area contributed by atoms with Crippen molar-refractivity contribution in [2.75, 3.05) is 24.3 Å². The maximum absolute atomic E-state index is 12.8. The number of nitrogens with one attached hydrogen (secondary N) is 3. The van der Waals surface area contributed by atoms with Crippen LogP contribution >= 0.6 is 24.4 Å². The van der Waals surface area contributed by atoms with Gasteiger partial charge in [0, 0.05) is 5.75 Å². The smallest absolute Gasteiger partial charge is 0.326 e. The first-order valence-corrected chi connectivity index (χ1v) is 12.8. The second-order valence-electron chi connectivity index (χ2n) is 7.68. The summed E-state index contributed by atoms with van der Waals surface area (Å²) in [6.07, 6.45) is 4.36. The van der Waals surface area contributed by atoms with Gasteiger partial charge in [-0.3, -0.25) is 14.4 Å². The molecule has 12 heteroatoms. The number of thiol groups is 1. The van der Waals surface area contributed by atoms with Gasteiger partial charge in [-0.25, -0.2) is 4.79 Å². The van der Waals surface area contributed by atoms with Crippen LogP contribution in [0.4, 0.5) is 0 Å². The maximum Gasteiger partial charge on any atom is 0.326 e. The first-order chi connectivity index (χ1) is 15.1. The number of amides is 3. The lowest BCUT2D eigenvalue weighted by Gasteiger charge is -2.25. The van der Waals surface area contributed by atoms with Crippen LogP contribution in [0.25, 0.3) is 0 Å². The third-order valence-corrected chi connectivity index (χ3v) is 6.19. The molecule has 0 bridgehead atoms. The molecule has 0 aliphatic carbocycles. The zero-order valence-corrected chi connectivity index (χ0v) is 20.8. The maximum atomic E-state index is 12.8. The Morgan fingerprint density at radius 1 is 0.969 bits per heavy atom. The predicted molar refractivity (Wildman–Crippen MR) is 131 cm³/mol. The van der Waals surface area contributed by atoms with Gasteiger partial charge in [0.15, 0.2) is 0 Å². The number of aliphatic carboxylic acids is 1. The summed E-state index contributed by atoms with van der Waals surface area (Å²) in [5, 5.41) is 17.0. The fourth-order valence-corrected chi connectivity index (χ4v) is 3.50. The van der Waals surface area contributed by atoms with Crippen molar-refractivity contribution in [3.8, 4) is 0 Å². The van der Waals surface area contributed by atoms with Gasteiger partial charge in [-0.1, -0.05) is 20.3 Å². The van der Waals surface area contributed by atoms with Crippen molar-refractivity contribution < 1.29 is 24.3 Å². The zero-order valence-electron chi connectivity index (χ0n) is 19.1. The second kappa shape index (κ2) is 17.0. The summed E-state index contributed by atoms with van der Waals surface area (Å²) in [5.74, 6) is -2.28. The Kier molecular flexibility index (Phi) is 16.2. The molecule has 3 amide bonds. The highest BCUT2D eigenvalue weighted by molar-refractivity contribution is 7.98. The van der Waals surface area contributed by atoms with E-state index in [1.165, 1.54) is 11.8 Å². The minimum Gasteiger partial charge on any atom is -0.480 e. The number of thioether (sulfide) groups is 1. The molecule has 0 aromatic heterocycles. The molecule has 0 rings (SSSR count). The number of carbonyl (C=O) groups is 4. The van der Waals surface area contributed by atoms with Gasteiger partial charge >= 0.3 is 5.97 Å². The first-order valence-electron chi connectivity index (χ1n) is 10.8. The fraction of sp³-hybridized carbons (Fsp3) is 0.800. The molecule has 5 atom stereocenters. The van der Waals surface area contributed by atoms with Crippen molar-refractivity contribution in [3.05, 3.63) is 0 Å². The van der Waals surface area contributed by atoms with E-state index in [1.54, 1.807) is 0 Å². The molecule has 32 heavy (non-hydrogen) atoms. The molecular formula is C20H39N5O5S2. The minimum absolute atomic E-state index is 0.0394. The van der Waals surface area contributed by atoms with Crippen molar-refractivity contribution >= 4 is 48.1 Å². The quantitative estimate of drug-likeness (QED) is 0.107. The van der Waals surface area contributed by atoms with E-state index in [0.29, 0.717) is 38.0 Å². The molecule has 5 unspecified atom stereocenters. The second-order valence-corrected chi connectivity index (χ2v) is 9.03. The molecule has 0 radical (unpaired) electrons. The molecule has 0 aromatic carbocycles. The van der Waals surface area contributed by atoms with Crippen LogP contribution in [-0.2, 0) is 19.2 Å². The zero-order chi connectivity index (χ0) is 24.7. The van der Waals surface area contributed by atoms with Crippen molar-refractivity contribution in [2.24, 2.45) is 17.4 Å². The molecule has 0 saturated carbocycles. The summed E-state index contributed by atoms with van der Waals surface area (Å²) in [5.41, 5.74) is 11.4. The van der Waals surface area contributed by atoms with E-state index in [-0.39, 0.29) is 18.1 Å². The summed E-state index contributed by atoms with van der Waals surface area (Å²) >= 11 is 5.63. The minimum atomic E-state index is -1.16. The summed E-state index contributed by atoms with van der Waals surface area (Å²) in [7, 11) is 0. The lowest BCUT2D eigenvalue weighted by atomic mass is 9.99. The highest BCUT2D eigenvalue weighted by Gasteiger charge is 2.30. The highest BCUT2D eigenvalue weighted by Crippen LogP contribution is 2.08. The van der Waals surface area contributed by atoms with Crippen molar-refractivity contribution in [2.45, 2.75) is 70.1 Å². The summed E-state index contributed by atoms with van der Waals surface area (Å²) < 4.78 is 0. The Labute approximate surface area is 200 Å². The van der Waals surface area contributed by atoms with Crippen LogP contribution in [-0.4, -0.2) is 77.3 Å². The van der Waals surface area contributed by atoms with Crippen LogP contribution in [0.15, 0.2) is 0 Å². The molecule has 8 N–H and O–H groups in total. The van der Waals surface area contributed by atoms with Gasteiger partial charge in [-0.05, 0) is 50.2 Å². The van der Waals surface area contributed by atoms with Gasteiger partial charge in [0.1, 0.15) is 18.1 Å². The molecule has 0 saturated heterocycles. The van der Waals surface area contributed by atoms with E-state index in [0.717, 1.165) is 0 Å².